The van der Waals surface area contributed by atoms with E-state index in [1.807, 2.05) is 0 Å². The average Bonchev–Trinajstić information content (AvgIpc) is 2.83. The minimum atomic E-state index is -0.485. The zero-order valence-electron chi connectivity index (χ0n) is 10.2. The van der Waals surface area contributed by atoms with Crippen LogP contribution < -0.4 is 0 Å². The van der Waals surface area contributed by atoms with Crippen molar-refractivity contribution in [1.29, 1.82) is 0 Å². The number of allylic oxidation sites excluding steroid dienone is 1. The maximum Gasteiger partial charge on any atom is 0.276 e. The number of aryl methyl sites for hydroxylation is 1. The first-order valence-electron chi connectivity index (χ1n) is 5.60. The van der Waals surface area contributed by atoms with E-state index < -0.39 is 4.92 Å². The quantitative estimate of drug-likeness (QED) is 0.364. The van der Waals surface area contributed by atoms with Crippen molar-refractivity contribution < 1.29 is 14.1 Å². The van der Waals surface area contributed by atoms with Crippen molar-refractivity contribution >= 4 is 17.5 Å². The van der Waals surface area contributed by atoms with Crippen molar-refractivity contribution in [3.8, 4) is 0 Å². The molecule has 5 heteroatoms. The van der Waals surface area contributed by atoms with Gasteiger partial charge >= 0.3 is 0 Å². The highest BCUT2D eigenvalue weighted by Crippen LogP contribution is 2.19. The van der Waals surface area contributed by atoms with Gasteiger partial charge in [-0.3, -0.25) is 14.9 Å². The van der Waals surface area contributed by atoms with Gasteiger partial charge in [-0.1, -0.05) is 12.1 Å². The van der Waals surface area contributed by atoms with Crippen LogP contribution in [0.15, 0.2) is 46.9 Å². The summed E-state index contributed by atoms with van der Waals surface area (Å²) in [5, 5.41) is 10.8. The van der Waals surface area contributed by atoms with E-state index in [2.05, 4.69) is 0 Å². The Morgan fingerprint density at radius 2 is 2.00 bits per heavy atom. The molecule has 0 atom stereocenters. The summed E-state index contributed by atoms with van der Waals surface area (Å²) in [4.78, 5) is 22.1. The number of furan rings is 1. The number of hydrogen-bond acceptors (Lipinski definition) is 4. The van der Waals surface area contributed by atoms with Crippen molar-refractivity contribution in [3.63, 3.8) is 0 Å². The molecule has 0 aliphatic carbocycles. The fraction of sp³-hybridized carbons (Fsp3) is 0.0714. The van der Waals surface area contributed by atoms with Crippen LogP contribution in [0, 0.1) is 17.0 Å². The molecule has 0 radical (unpaired) electrons. The van der Waals surface area contributed by atoms with E-state index in [-0.39, 0.29) is 17.2 Å². The molecule has 0 unspecified atom stereocenters. The molecule has 2 aromatic rings. The molecular weight excluding hydrogens is 246 g/mol. The van der Waals surface area contributed by atoms with E-state index in [1.165, 1.54) is 18.2 Å². The smallest absolute Gasteiger partial charge is 0.276 e. The van der Waals surface area contributed by atoms with Gasteiger partial charge in [0.05, 0.1) is 10.5 Å². The van der Waals surface area contributed by atoms with E-state index >= 15 is 0 Å². The van der Waals surface area contributed by atoms with Crippen LogP contribution in [0.4, 0.5) is 5.69 Å². The number of nitro benzene ring substituents is 1. The second-order valence-corrected chi connectivity index (χ2v) is 3.92. The van der Waals surface area contributed by atoms with E-state index in [9.17, 15) is 14.9 Å². The zero-order chi connectivity index (χ0) is 13.8. The number of benzene rings is 1. The van der Waals surface area contributed by atoms with Gasteiger partial charge in [-0.2, -0.15) is 0 Å². The Bertz CT molecular complexity index is 655. The zero-order valence-corrected chi connectivity index (χ0v) is 10.2. The summed E-state index contributed by atoms with van der Waals surface area (Å²) < 4.78 is 5.18. The molecule has 96 valence electrons. The van der Waals surface area contributed by atoms with E-state index in [1.54, 1.807) is 37.3 Å². The third-order valence-electron chi connectivity index (χ3n) is 2.53. The fourth-order valence-electron chi connectivity index (χ4n) is 1.61. The topological polar surface area (TPSA) is 73.3 Å². The van der Waals surface area contributed by atoms with Crippen molar-refractivity contribution in [1.82, 2.24) is 0 Å². The number of hydrogen-bond donors (Lipinski definition) is 0. The van der Waals surface area contributed by atoms with Crippen molar-refractivity contribution in [2.75, 3.05) is 0 Å². The molecule has 1 aromatic heterocycles. The molecule has 0 aliphatic rings. The van der Waals surface area contributed by atoms with Gasteiger partial charge in [-0.25, -0.2) is 0 Å². The molecule has 0 bridgehead atoms. The van der Waals surface area contributed by atoms with Gasteiger partial charge in [0.25, 0.3) is 5.69 Å². The predicted molar refractivity (Wildman–Crippen MR) is 69.9 cm³/mol. The molecule has 19 heavy (non-hydrogen) atoms. The molecule has 2 rings (SSSR count). The number of ketones is 1. The highest BCUT2D eigenvalue weighted by atomic mass is 16.6. The van der Waals surface area contributed by atoms with Crippen molar-refractivity contribution in [2.24, 2.45) is 0 Å². The van der Waals surface area contributed by atoms with Crippen LogP contribution in [0.1, 0.15) is 21.9 Å². The highest BCUT2D eigenvalue weighted by molar-refractivity contribution is 6.05. The summed E-state index contributed by atoms with van der Waals surface area (Å²) in [5.41, 5.74) is 0.339. The van der Waals surface area contributed by atoms with Crippen LogP contribution in [0.5, 0.6) is 0 Å². The predicted octanol–water partition coefficient (Wildman–Crippen LogP) is 3.39. The first-order chi connectivity index (χ1) is 9.08. The maximum absolute atomic E-state index is 11.8. The van der Waals surface area contributed by atoms with Crippen molar-refractivity contribution in [3.05, 3.63) is 69.7 Å². The van der Waals surface area contributed by atoms with E-state index in [4.69, 9.17) is 4.42 Å². The van der Waals surface area contributed by atoms with Gasteiger partial charge in [0.2, 0.25) is 5.78 Å². The Hall–Kier alpha value is -2.69. The average molecular weight is 257 g/mol. The first kappa shape index (κ1) is 12.8. The molecule has 0 spiro atoms. The number of carbonyl (C=O) groups excluding carboxylic acids is 1. The van der Waals surface area contributed by atoms with Gasteiger partial charge < -0.3 is 4.42 Å². The minimum absolute atomic E-state index is 0.0397. The lowest BCUT2D eigenvalue weighted by molar-refractivity contribution is -0.385. The molecule has 0 fully saturated rings. The third kappa shape index (κ3) is 2.95. The van der Waals surface area contributed by atoms with Crippen LogP contribution in [0.25, 0.3) is 6.08 Å². The monoisotopic (exact) mass is 257 g/mol. The second kappa shape index (κ2) is 5.30. The Labute approximate surface area is 109 Å². The molecule has 5 nitrogen and oxygen atoms in total. The molecule has 0 aliphatic heterocycles. The maximum atomic E-state index is 11.8. The summed E-state index contributed by atoms with van der Waals surface area (Å²) >= 11 is 0. The fourth-order valence-corrected chi connectivity index (χ4v) is 1.61. The SMILES string of the molecule is Cc1ccc(C(=O)/C=C/c2ccccc2[N+](=O)[O-])o1. The third-order valence-corrected chi connectivity index (χ3v) is 2.53. The number of nitro groups is 1. The van der Waals surface area contributed by atoms with Gasteiger partial charge in [0, 0.05) is 6.07 Å². The van der Waals surface area contributed by atoms with Crippen LogP contribution in [-0.2, 0) is 0 Å². The number of nitrogens with zero attached hydrogens (tertiary/aromatic N) is 1. The lowest BCUT2D eigenvalue weighted by atomic mass is 10.1. The lowest BCUT2D eigenvalue weighted by Crippen LogP contribution is -1.93. The number of rotatable bonds is 4. The molecule has 0 N–H and O–H groups in total. The summed E-state index contributed by atoms with van der Waals surface area (Å²) in [6.45, 7) is 1.74. The number of para-hydroxylation sites is 1. The van der Waals surface area contributed by atoms with Gasteiger partial charge in [-0.05, 0) is 37.3 Å². The molecule has 0 amide bonds. The summed E-state index contributed by atoms with van der Waals surface area (Å²) in [5.74, 6) is 0.529. The Morgan fingerprint density at radius 1 is 1.26 bits per heavy atom. The van der Waals surface area contributed by atoms with Crippen LogP contribution >= 0.6 is 0 Å². The summed E-state index contributed by atoms with van der Waals surface area (Å²) in [6, 6.07) is 9.48. The molecule has 0 saturated carbocycles. The number of carbonyl (C=O) groups is 1. The molecule has 1 aromatic carbocycles. The van der Waals surface area contributed by atoms with Gasteiger partial charge in [0.15, 0.2) is 5.76 Å². The first-order valence-corrected chi connectivity index (χ1v) is 5.60. The molecular formula is C14H11NO4. The van der Waals surface area contributed by atoms with Crippen molar-refractivity contribution in [2.45, 2.75) is 6.92 Å². The largest absolute Gasteiger partial charge is 0.458 e. The van der Waals surface area contributed by atoms with Gasteiger partial charge in [0.1, 0.15) is 5.76 Å². The Morgan fingerprint density at radius 3 is 2.63 bits per heavy atom. The highest BCUT2D eigenvalue weighted by Gasteiger charge is 2.11. The Kier molecular flexibility index (Phi) is 3.56. The van der Waals surface area contributed by atoms with E-state index in [0.717, 1.165) is 0 Å². The standard InChI is InChI=1S/C14H11NO4/c1-10-6-9-14(19-10)13(16)8-7-11-4-2-3-5-12(11)15(17)18/h2-9H,1H3/b8-7+. The van der Waals surface area contributed by atoms with E-state index in [0.29, 0.717) is 11.3 Å². The summed E-state index contributed by atoms with van der Waals surface area (Å²) in [6.07, 6.45) is 2.68. The molecule has 0 saturated heterocycles. The van der Waals surface area contributed by atoms with Gasteiger partial charge in [-0.15, -0.1) is 0 Å². The Balaban J connectivity index is 2.24. The molecule has 1 heterocycles. The lowest BCUT2D eigenvalue weighted by Gasteiger charge is -1.95. The normalized spacial score (nSPS) is 10.8. The van der Waals surface area contributed by atoms with Crippen LogP contribution in [0.2, 0.25) is 0 Å². The van der Waals surface area contributed by atoms with Crippen LogP contribution in [0.3, 0.4) is 0 Å². The minimum Gasteiger partial charge on any atom is -0.458 e. The van der Waals surface area contributed by atoms with Crippen LogP contribution in [-0.4, -0.2) is 10.7 Å². The summed E-state index contributed by atoms with van der Waals surface area (Å²) in [7, 11) is 0. The second-order valence-electron chi connectivity index (χ2n) is 3.92.